The van der Waals surface area contributed by atoms with Crippen LogP contribution in [0.1, 0.15) is 12.0 Å². The van der Waals surface area contributed by atoms with Crippen LogP contribution in [0.2, 0.25) is 5.02 Å². The first-order chi connectivity index (χ1) is 5.52. The third kappa shape index (κ3) is 2.04. The molecule has 0 saturated heterocycles. The van der Waals surface area contributed by atoms with E-state index < -0.39 is 22.8 Å². The summed E-state index contributed by atoms with van der Waals surface area (Å²) in [6.45, 7) is 0. The third-order valence-electron chi connectivity index (χ3n) is 1.26. The highest BCUT2D eigenvalue weighted by Gasteiger charge is 2.15. The standard InChI is InChI=1S/C7H3ClF3I/c8-6-4(7(10)11)1-3(12)2-5(6)9/h1-2,7H. The maximum atomic E-state index is 12.7. The number of halogens is 5. The Kier molecular flexibility index (Phi) is 3.22. The van der Waals surface area contributed by atoms with Gasteiger partial charge in [-0.3, -0.25) is 0 Å². The molecule has 0 saturated carbocycles. The predicted octanol–water partition coefficient (Wildman–Crippen LogP) is 4.02. The Balaban J connectivity index is 3.28. The highest BCUT2D eigenvalue weighted by molar-refractivity contribution is 14.1. The van der Waals surface area contributed by atoms with Crippen molar-refractivity contribution in [2.75, 3.05) is 0 Å². The molecule has 0 bridgehead atoms. The minimum Gasteiger partial charge on any atom is -0.205 e. The summed E-state index contributed by atoms with van der Waals surface area (Å²) < 4.78 is 37.4. The number of benzene rings is 1. The van der Waals surface area contributed by atoms with Gasteiger partial charge in [0.15, 0.2) is 0 Å². The van der Waals surface area contributed by atoms with Crippen LogP contribution in [0.25, 0.3) is 0 Å². The summed E-state index contributed by atoms with van der Waals surface area (Å²) in [6.07, 6.45) is -2.73. The van der Waals surface area contributed by atoms with Gasteiger partial charge >= 0.3 is 0 Å². The van der Waals surface area contributed by atoms with Crippen LogP contribution in [-0.4, -0.2) is 0 Å². The maximum Gasteiger partial charge on any atom is 0.265 e. The Labute approximate surface area is 85.9 Å². The molecular formula is C7H3ClF3I. The van der Waals surface area contributed by atoms with Gasteiger partial charge in [0.25, 0.3) is 6.43 Å². The van der Waals surface area contributed by atoms with Crippen molar-refractivity contribution in [1.29, 1.82) is 0 Å². The molecule has 0 aliphatic heterocycles. The lowest BCUT2D eigenvalue weighted by Crippen LogP contribution is -1.90. The van der Waals surface area contributed by atoms with Gasteiger partial charge in [0.05, 0.1) is 5.02 Å². The fourth-order valence-electron chi connectivity index (χ4n) is 0.735. The van der Waals surface area contributed by atoms with Gasteiger partial charge in [-0.05, 0) is 34.7 Å². The van der Waals surface area contributed by atoms with Gasteiger partial charge in [0.2, 0.25) is 0 Å². The van der Waals surface area contributed by atoms with E-state index in [-0.39, 0.29) is 0 Å². The van der Waals surface area contributed by atoms with E-state index in [1.807, 2.05) is 0 Å². The topological polar surface area (TPSA) is 0 Å². The predicted molar refractivity (Wildman–Crippen MR) is 49.1 cm³/mol. The summed E-state index contributed by atoms with van der Waals surface area (Å²) in [4.78, 5) is 0. The van der Waals surface area contributed by atoms with Crippen molar-refractivity contribution in [3.05, 3.63) is 32.1 Å². The van der Waals surface area contributed by atoms with Crippen molar-refractivity contribution in [2.24, 2.45) is 0 Å². The van der Waals surface area contributed by atoms with Crippen LogP contribution < -0.4 is 0 Å². The van der Waals surface area contributed by atoms with E-state index in [0.29, 0.717) is 3.57 Å². The van der Waals surface area contributed by atoms with Gasteiger partial charge < -0.3 is 0 Å². The minimum absolute atomic E-state index is 0.407. The zero-order valence-electron chi connectivity index (χ0n) is 5.62. The van der Waals surface area contributed by atoms with Gasteiger partial charge in [0, 0.05) is 9.13 Å². The minimum atomic E-state index is -2.73. The zero-order valence-corrected chi connectivity index (χ0v) is 8.54. The normalized spacial score (nSPS) is 10.8. The van der Waals surface area contributed by atoms with Crippen LogP contribution >= 0.6 is 34.2 Å². The smallest absolute Gasteiger partial charge is 0.205 e. The van der Waals surface area contributed by atoms with E-state index in [0.717, 1.165) is 12.1 Å². The first kappa shape index (κ1) is 10.1. The first-order valence-electron chi connectivity index (χ1n) is 2.95. The molecule has 0 nitrogen and oxygen atoms in total. The first-order valence-corrected chi connectivity index (χ1v) is 4.40. The quantitative estimate of drug-likeness (QED) is 0.543. The number of rotatable bonds is 1. The zero-order chi connectivity index (χ0) is 9.30. The third-order valence-corrected chi connectivity index (χ3v) is 2.28. The molecule has 1 aromatic rings. The summed E-state index contributed by atoms with van der Waals surface area (Å²) in [5, 5.41) is -0.495. The van der Waals surface area contributed by atoms with E-state index in [4.69, 9.17) is 11.6 Å². The average Bonchev–Trinajstić information content (AvgIpc) is 1.96. The fraction of sp³-hybridized carbons (Fsp3) is 0.143. The molecule has 1 rings (SSSR count). The second-order valence-corrected chi connectivity index (χ2v) is 3.72. The van der Waals surface area contributed by atoms with E-state index in [2.05, 4.69) is 0 Å². The highest BCUT2D eigenvalue weighted by Crippen LogP contribution is 2.30. The SMILES string of the molecule is Fc1cc(I)cc(C(F)F)c1Cl. The number of alkyl halides is 2. The van der Waals surface area contributed by atoms with E-state index >= 15 is 0 Å². The highest BCUT2D eigenvalue weighted by atomic mass is 127. The molecule has 66 valence electrons. The van der Waals surface area contributed by atoms with Crippen LogP contribution in [0.15, 0.2) is 12.1 Å². The molecule has 0 unspecified atom stereocenters. The molecule has 0 atom stereocenters. The monoisotopic (exact) mass is 306 g/mol. The van der Waals surface area contributed by atoms with Crippen LogP contribution in [0.3, 0.4) is 0 Å². The largest absolute Gasteiger partial charge is 0.265 e. The fourth-order valence-corrected chi connectivity index (χ4v) is 1.54. The molecule has 0 radical (unpaired) electrons. The van der Waals surface area contributed by atoms with E-state index in [9.17, 15) is 13.2 Å². The molecule has 1 aromatic carbocycles. The molecule has 0 aromatic heterocycles. The van der Waals surface area contributed by atoms with E-state index in [1.165, 1.54) is 0 Å². The summed E-state index contributed by atoms with van der Waals surface area (Å²) >= 11 is 7.05. The Morgan fingerprint density at radius 1 is 1.33 bits per heavy atom. The van der Waals surface area contributed by atoms with Crippen molar-refractivity contribution in [2.45, 2.75) is 6.43 Å². The van der Waals surface area contributed by atoms with Gasteiger partial charge in [0.1, 0.15) is 5.82 Å². The summed E-state index contributed by atoms with van der Waals surface area (Å²) in [5.41, 5.74) is -0.457. The van der Waals surface area contributed by atoms with Crippen molar-refractivity contribution >= 4 is 34.2 Å². The molecule has 0 heterocycles. The second kappa shape index (κ2) is 3.83. The van der Waals surface area contributed by atoms with Crippen LogP contribution in [0, 0.1) is 9.39 Å². The van der Waals surface area contributed by atoms with Crippen molar-refractivity contribution in [3.63, 3.8) is 0 Å². The van der Waals surface area contributed by atoms with Gasteiger partial charge in [-0.25, -0.2) is 13.2 Å². The molecule has 0 amide bonds. The molecule has 0 N–H and O–H groups in total. The van der Waals surface area contributed by atoms with Gasteiger partial charge in [-0.2, -0.15) is 0 Å². The number of hydrogen-bond donors (Lipinski definition) is 0. The van der Waals surface area contributed by atoms with Crippen LogP contribution in [0.4, 0.5) is 13.2 Å². The molecule has 12 heavy (non-hydrogen) atoms. The molecule has 5 heteroatoms. The maximum absolute atomic E-state index is 12.7. The van der Waals surface area contributed by atoms with Crippen LogP contribution in [0.5, 0.6) is 0 Å². The van der Waals surface area contributed by atoms with Crippen molar-refractivity contribution < 1.29 is 13.2 Å². The second-order valence-electron chi connectivity index (χ2n) is 2.09. The van der Waals surface area contributed by atoms with Gasteiger partial charge in [-0.15, -0.1) is 0 Å². The van der Waals surface area contributed by atoms with E-state index in [1.54, 1.807) is 22.6 Å². The molecule has 0 fully saturated rings. The lowest BCUT2D eigenvalue weighted by atomic mass is 10.2. The lowest BCUT2D eigenvalue weighted by Gasteiger charge is -2.04. The summed E-state index contributed by atoms with van der Waals surface area (Å²) in [7, 11) is 0. The number of hydrogen-bond acceptors (Lipinski definition) is 0. The summed E-state index contributed by atoms with van der Waals surface area (Å²) in [5.74, 6) is -0.807. The molecular weight excluding hydrogens is 303 g/mol. The lowest BCUT2D eigenvalue weighted by molar-refractivity contribution is 0.151. The Morgan fingerprint density at radius 3 is 2.42 bits per heavy atom. The van der Waals surface area contributed by atoms with Crippen LogP contribution in [-0.2, 0) is 0 Å². The molecule has 0 aliphatic carbocycles. The molecule has 0 spiro atoms. The average molecular weight is 306 g/mol. The summed E-state index contributed by atoms with van der Waals surface area (Å²) in [6, 6.07) is 2.27. The van der Waals surface area contributed by atoms with Crippen molar-refractivity contribution in [3.8, 4) is 0 Å². The Hall–Kier alpha value is 0.0300. The molecule has 0 aliphatic rings. The van der Waals surface area contributed by atoms with Gasteiger partial charge in [-0.1, -0.05) is 11.6 Å². The van der Waals surface area contributed by atoms with Crippen molar-refractivity contribution in [1.82, 2.24) is 0 Å². The Bertz CT molecular complexity index is 301. The Morgan fingerprint density at radius 2 is 1.92 bits per heavy atom.